The van der Waals surface area contributed by atoms with Gasteiger partial charge in [0, 0.05) is 35.1 Å². The number of nitrogen functional groups attached to an aromatic ring is 2. The van der Waals surface area contributed by atoms with Gasteiger partial charge in [0.2, 0.25) is 0 Å². The Morgan fingerprint density at radius 3 is 2.69 bits per heavy atom. The first-order chi connectivity index (χ1) is 21.5. The van der Waals surface area contributed by atoms with Crippen molar-refractivity contribution in [3.8, 4) is 23.2 Å². The lowest BCUT2D eigenvalue weighted by atomic mass is 9.97. The van der Waals surface area contributed by atoms with E-state index in [9.17, 15) is 9.65 Å². The summed E-state index contributed by atoms with van der Waals surface area (Å²) >= 11 is 7.71. The highest BCUT2D eigenvalue weighted by molar-refractivity contribution is 7.23. The molecule has 0 bridgehead atoms. The molecule has 11 nitrogen and oxygen atoms in total. The minimum absolute atomic E-state index is 0.000522. The van der Waals surface area contributed by atoms with Gasteiger partial charge in [-0.2, -0.15) is 15.2 Å². The predicted octanol–water partition coefficient (Wildman–Crippen LogP) is 5.17. The number of hydrogen-bond donors (Lipinski definition) is 2. The average molecular weight is 652 g/mol. The molecule has 1 fully saturated rings. The number of fused-ring (bicyclic) bond motifs is 2. The van der Waals surface area contributed by atoms with Gasteiger partial charge in [-0.05, 0) is 38.7 Å². The van der Waals surface area contributed by atoms with Crippen molar-refractivity contribution in [2.24, 2.45) is 0 Å². The Balaban J connectivity index is 1.59. The fourth-order valence-electron chi connectivity index (χ4n) is 5.55. The summed E-state index contributed by atoms with van der Waals surface area (Å²) in [6, 6.07) is 5.55. The highest BCUT2D eigenvalue weighted by atomic mass is 35.5. The maximum Gasteiger partial charge on any atom is 0.319 e. The molecule has 4 heterocycles. The van der Waals surface area contributed by atoms with Crippen molar-refractivity contribution >= 4 is 60.6 Å². The standard InChI is InChI=1S/C30H28ClF2N9O2S/c1-13(17-9-37-12-38-27(17)35)42(4)29-15-7-18(31)23(14-5-6-19(32)26-22(14)16(8-34)28(36)45-26)24(33)25(15)39-30(40-29)44-21-11-43-10-20(21)41(2)3/h5-7,9,12-13,20-21H,10-11,36H2,1-4H3,(H2,35,37,38)/t13-,20+,21+/m1/s1. The van der Waals surface area contributed by atoms with Crippen LogP contribution in [-0.2, 0) is 4.74 Å². The monoisotopic (exact) mass is 651 g/mol. The molecular formula is C30H28ClF2N9O2S. The summed E-state index contributed by atoms with van der Waals surface area (Å²) in [6.45, 7) is 2.62. The van der Waals surface area contributed by atoms with Crippen molar-refractivity contribution in [2.45, 2.75) is 25.1 Å². The first kappa shape index (κ1) is 30.6. The first-order valence-corrected chi connectivity index (χ1v) is 15.0. The van der Waals surface area contributed by atoms with Crippen molar-refractivity contribution in [3.63, 3.8) is 0 Å². The minimum atomic E-state index is -0.803. The highest BCUT2D eigenvalue weighted by Crippen LogP contribution is 2.46. The summed E-state index contributed by atoms with van der Waals surface area (Å²) < 4.78 is 43.7. The average Bonchev–Trinajstić information content (AvgIpc) is 3.62. The van der Waals surface area contributed by atoms with Gasteiger partial charge in [-0.1, -0.05) is 17.7 Å². The molecule has 0 saturated carbocycles. The SMILES string of the molecule is C[C@H](c1cncnc1N)N(C)c1nc(O[C@H]2COC[C@@H]2N(C)C)nc2c(F)c(-c3ccc(F)c4sc(N)c(C#N)c34)c(Cl)cc12. The number of rotatable bonds is 7. The summed E-state index contributed by atoms with van der Waals surface area (Å²) in [7, 11) is 5.59. The van der Waals surface area contributed by atoms with Crippen molar-refractivity contribution in [1.82, 2.24) is 24.8 Å². The van der Waals surface area contributed by atoms with Gasteiger partial charge in [0.25, 0.3) is 0 Å². The number of aromatic nitrogens is 4. The maximum absolute atomic E-state index is 16.9. The number of anilines is 3. The predicted molar refractivity (Wildman–Crippen MR) is 170 cm³/mol. The van der Waals surface area contributed by atoms with Gasteiger partial charge in [0.15, 0.2) is 5.82 Å². The Hall–Kier alpha value is -4.42. The number of nitriles is 1. The Kier molecular flexibility index (Phi) is 8.04. The number of benzene rings is 2. The van der Waals surface area contributed by atoms with Crippen LogP contribution in [0.5, 0.6) is 6.01 Å². The minimum Gasteiger partial charge on any atom is -0.456 e. The molecule has 3 aromatic heterocycles. The van der Waals surface area contributed by atoms with E-state index in [1.54, 1.807) is 24.2 Å². The van der Waals surface area contributed by atoms with Crippen molar-refractivity contribution in [2.75, 3.05) is 50.7 Å². The molecule has 0 aliphatic carbocycles. The molecule has 0 amide bonds. The van der Waals surface area contributed by atoms with Crippen LogP contribution < -0.4 is 21.1 Å². The first-order valence-electron chi connectivity index (χ1n) is 13.8. The molecule has 3 atom stereocenters. The third kappa shape index (κ3) is 5.21. The molecule has 0 unspecified atom stereocenters. The molecule has 1 saturated heterocycles. The number of ether oxygens (including phenoxy) is 2. The van der Waals surface area contributed by atoms with Crippen molar-refractivity contribution < 1.29 is 18.3 Å². The fourth-order valence-corrected chi connectivity index (χ4v) is 6.80. The number of nitrogens with zero attached hydrogens (tertiary/aromatic N) is 7. The number of thiophene rings is 1. The van der Waals surface area contributed by atoms with Crippen molar-refractivity contribution in [3.05, 3.63) is 58.5 Å². The van der Waals surface area contributed by atoms with Crippen LogP contribution in [0, 0.1) is 23.0 Å². The van der Waals surface area contributed by atoms with E-state index in [0.29, 0.717) is 24.6 Å². The van der Waals surface area contributed by atoms with E-state index in [-0.39, 0.29) is 65.6 Å². The van der Waals surface area contributed by atoms with Gasteiger partial charge in [0.05, 0.1) is 40.6 Å². The van der Waals surface area contributed by atoms with E-state index in [2.05, 4.69) is 15.0 Å². The number of halogens is 3. The second kappa shape index (κ2) is 11.8. The van der Waals surface area contributed by atoms with E-state index in [1.807, 2.05) is 32.0 Å². The molecule has 5 aromatic rings. The van der Waals surface area contributed by atoms with Gasteiger partial charge in [-0.3, -0.25) is 0 Å². The summed E-state index contributed by atoms with van der Waals surface area (Å²) in [5, 5.41) is 10.4. The molecule has 45 heavy (non-hydrogen) atoms. The zero-order valence-electron chi connectivity index (χ0n) is 24.7. The van der Waals surface area contributed by atoms with E-state index < -0.39 is 23.8 Å². The van der Waals surface area contributed by atoms with Crippen LogP contribution in [0.1, 0.15) is 24.1 Å². The second-order valence-corrected chi connectivity index (χ2v) is 12.4. The molecular weight excluding hydrogens is 624 g/mol. The van der Waals surface area contributed by atoms with Gasteiger partial charge in [-0.25, -0.2) is 18.7 Å². The Bertz CT molecular complexity index is 2000. The van der Waals surface area contributed by atoms with Crippen LogP contribution in [0.25, 0.3) is 32.1 Å². The summed E-state index contributed by atoms with van der Waals surface area (Å²) in [6.07, 6.45) is 2.53. The van der Waals surface area contributed by atoms with Crippen LogP contribution in [-0.4, -0.2) is 71.3 Å². The summed E-state index contributed by atoms with van der Waals surface area (Å²) in [4.78, 5) is 21.2. The van der Waals surface area contributed by atoms with E-state index in [1.165, 1.54) is 18.5 Å². The van der Waals surface area contributed by atoms with E-state index in [0.717, 1.165) is 11.3 Å². The van der Waals surface area contributed by atoms with Crippen molar-refractivity contribution in [1.29, 1.82) is 5.26 Å². The van der Waals surface area contributed by atoms with Gasteiger partial charge < -0.3 is 30.7 Å². The van der Waals surface area contributed by atoms with Crippen LogP contribution in [0.4, 0.5) is 25.4 Å². The normalized spacial score (nSPS) is 17.2. The topological polar surface area (TPSA) is 152 Å². The Morgan fingerprint density at radius 2 is 1.98 bits per heavy atom. The molecule has 15 heteroatoms. The van der Waals surface area contributed by atoms with Gasteiger partial charge in [-0.15, -0.1) is 11.3 Å². The summed E-state index contributed by atoms with van der Waals surface area (Å²) in [5.74, 6) is -0.798. The second-order valence-electron chi connectivity index (χ2n) is 10.9. The lowest BCUT2D eigenvalue weighted by Crippen LogP contribution is -2.41. The third-order valence-electron chi connectivity index (χ3n) is 8.10. The third-order valence-corrected chi connectivity index (χ3v) is 9.42. The smallest absolute Gasteiger partial charge is 0.319 e. The van der Waals surface area contributed by atoms with Crippen LogP contribution in [0.15, 0.2) is 30.7 Å². The van der Waals surface area contributed by atoms with Gasteiger partial charge in [0.1, 0.15) is 46.5 Å². The maximum atomic E-state index is 16.9. The van der Waals surface area contributed by atoms with Crippen LogP contribution in [0.2, 0.25) is 5.02 Å². The summed E-state index contributed by atoms with van der Waals surface area (Å²) in [5.41, 5.74) is 12.9. The zero-order chi connectivity index (χ0) is 32.2. The highest BCUT2D eigenvalue weighted by Gasteiger charge is 2.34. The molecule has 1 aliphatic heterocycles. The molecule has 0 radical (unpaired) electrons. The fraction of sp³-hybridized carbons (Fsp3) is 0.300. The van der Waals surface area contributed by atoms with Crippen LogP contribution >= 0.6 is 22.9 Å². The molecule has 6 rings (SSSR count). The zero-order valence-corrected chi connectivity index (χ0v) is 26.2. The number of nitrogens with two attached hydrogens (primary N) is 2. The molecule has 0 spiro atoms. The number of likely N-dealkylation sites (N-methyl/N-ethyl adjacent to an activating group) is 1. The lowest BCUT2D eigenvalue weighted by Gasteiger charge is -2.29. The van der Waals surface area contributed by atoms with E-state index in [4.69, 9.17) is 37.5 Å². The molecule has 232 valence electrons. The van der Waals surface area contributed by atoms with E-state index >= 15 is 4.39 Å². The molecule has 2 aromatic carbocycles. The lowest BCUT2D eigenvalue weighted by molar-refractivity contribution is 0.117. The van der Waals surface area contributed by atoms with Gasteiger partial charge >= 0.3 is 6.01 Å². The molecule has 4 N–H and O–H groups in total. The van der Waals surface area contributed by atoms with Crippen LogP contribution in [0.3, 0.4) is 0 Å². The number of hydrogen-bond acceptors (Lipinski definition) is 12. The quantitative estimate of drug-likeness (QED) is 0.240. The molecule has 1 aliphatic rings. The Labute approximate surface area is 266 Å². The Morgan fingerprint density at radius 1 is 1.20 bits per heavy atom. The largest absolute Gasteiger partial charge is 0.456 e.